The first-order valence-electron chi connectivity index (χ1n) is 9.53. The monoisotopic (exact) mass is 407 g/mol. The van der Waals surface area contributed by atoms with Crippen molar-refractivity contribution in [2.24, 2.45) is 0 Å². The largest absolute Gasteiger partial charge is 0.416 e. The third-order valence-corrected chi connectivity index (χ3v) is 5.03. The van der Waals surface area contributed by atoms with E-state index < -0.39 is 11.7 Å². The molecule has 0 radical (unpaired) electrons. The molecule has 1 aliphatic heterocycles. The topological polar surface area (TPSA) is 61.4 Å². The maximum absolute atomic E-state index is 12.6. The van der Waals surface area contributed by atoms with Crippen molar-refractivity contribution in [1.82, 2.24) is 14.9 Å². The lowest BCUT2D eigenvalue weighted by molar-refractivity contribution is -0.137. The van der Waals surface area contributed by atoms with E-state index in [0.29, 0.717) is 18.8 Å². The van der Waals surface area contributed by atoms with E-state index in [1.165, 1.54) is 12.1 Å². The number of alkyl halides is 3. The summed E-state index contributed by atoms with van der Waals surface area (Å²) in [4.78, 5) is 25.2. The number of rotatable bonds is 5. The second-order valence-electron chi connectivity index (χ2n) is 7.00. The molecular formula is C20H24F3N5O. The predicted molar refractivity (Wildman–Crippen MR) is 105 cm³/mol. The molecule has 29 heavy (non-hydrogen) atoms. The summed E-state index contributed by atoms with van der Waals surface area (Å²) in [6.45, 7) is 7.15. The Kier molecular flexibility index (Phi) is 6.36. The Morgan fingerprint density at radius 1 is 1.10 bits per heavy atom. The zero-order valence-corrected chi connectivity index (χ0v) is 16.5. The van der Waals surface area contributed by atoms with Crippen LogP contribution in [0.3, 0.4) is 0 Å². The molecule has 9 heteroatoms. The molecule has 1 aromatic heterocycles. The molecule has 0 unspecified atom stereocenters. The molecule has 1 aliphatic rings. The molecule has 0 atom stereocenters. The first-order valence-corrected chi connectivity index (χ1v) is 9.53. The first-order chi connectivity index (χ1) is 13.8. The van der Waals surface area contributed by atoms with Gasteiger partial charge in [-0.2, -0.15) is 13.2 Å². The Hall–Kier alpha value is -2.68. The fourth-order valence-electron chi connectivity index (χ4n) is 3.44. The van der Waals surface area contributed by atoms with Crippen molar-refractivity contribution in [2.75, 3.05) is 42.9 Å². The number of carbonyl (C=O) groups excluding carboxylic acids is 1. The maximum Gasteiger partial charge on any atom is 0.416 e. The standard InChI is InChI=1S/C20H24F3N5O/c1-3-17-14(2)24-13-25-19(17)28-10-8-27(9-11-28)12-18(29)26-16-6-4-15(5-7-16)20(21,22)23/h4-7,13H,3,8-12H2,1-2H3,(H,26,29). The molecule has 0 aliphatic carbocycles. The van der Waals surface area contributed by atoms with Crippen molar-refractivity contribution in [3.63, 3.8) is 0 Å². The van der Waals surface area contributed by atoms with Crippen LogP contribution in [0.4, 0.5) is 24.7 Å². The zero-order valence-electron chi connectivity index (χ0n) is 16.5. The van der Waals surface area contributed by atoms with Gasteiger partial charge in [-0.15, -0.1) is 0 Å². The van der Waals surface area contributed by atoms with Crippen LogP contribution in [-0.4, -0.2) is 53.5 Å². The molecule has 1 saturated heterocycles. The predicted octanol–water partition coefficient (Wildman–Crippen LogP) is 3.13. The van der Waals surface area contributed by atoms with Gasteiger partial charge in [0.1, 0.15) is 12.1 Å². The lowest BCUT2D eigenvalue weighted by atomic mass is 10.1. The van der Waals surface area contributed by atoms with Crippen LogP contribution >= 0.6 is 0 Å². The average Bonchev–Trinajstić information content (AvgIpc) is 2.68. The quantitative estimate of drug-likeness (QED) is 0.825. The molecule has 0 bridgehead atoms. The summed E-state index contributed by atoms with van der Waals surface area (Å²) in [6, 6.07) is 4.46. The minimum Gasteiger partial charge on any atom is -0.354 e. The summed E-state index contributed by atoms with van der Waals surface area (Å²) in [5.41, 5.74) is 1.74. The van der Waals surface area contributed by atoms with E-state index >= 15 is 0 Å². The second-order valence-corrected chi connectivity index (χ2v) is 7.00. The van der Waals surface area contributed by atoms with E-state index in [2.05, 4.69) is 27.1 Å². The van der Waals surface area contributed by atoms with Gasteiger partial charge in [0.05, 0.1) is 12.1 Å². The number of nitrogens with zero attached hydrogens (tertiary/aromatic N) is 4. The fraction of sp³-hybridized carbons (Fsp3) is 0.450. The van der Waals surface area contributed by atoms with Crippen molar-refractivity contribution in [3.8, 4) is 0 Å². The van der Waals surface area contributed by atoms with Gasteiger partial charge in [0.2, 0.25) is 5.91 Å². The number of halogens is 3. The summed E-state index contributed by atoms with van der Waals surface area (Å²) in [7, 11) is 0. The molecule has 1 amide bonds. The maximum atomic E-state index is 12.6. The molecular weight excluding hydrogens is 383 g/mol. The highest BCUT2D eigenvalue weighted by Crippen LogP contribution is 2.29. The molecule has 1 aromatic carbocycles. The van der Waals surface area contributed by atoms with Crippen LogP contribution in [0.2, 0.25) is 0 Å². The third-order valence-electron chi connectivity index (χ3n) is 5.03. The average molecular weight is 407 g/mol. The summed E-state index contributed by atoms with van der Waals surface area (Å²) in [5.74, 6) is 0.708. The molecule has 2 aromatic rings. The van der Waals surface area contributed by atoms with Gasteiger partial charge in [-0.1, -0.05) is 6.92 Å². The highest BCUT2D eigenvalue weighted by Gasteiger charge is 2.30. The number of benzene rings is 1. The number of piperazine rings is 1. The fourth-order valence-corrected chi connectivity index (χ4v) is 3.44. The van der Waals surface area contributed by atoms with Crippen LogP contribution in [0.1, 0.15) is 23.7 Å². The van der Waals surface area contributed by atoms with Crippen molar-refractivity contribution in [2.45, 2.75) is 26.4 Å². The molecule has 0 saturated carbocycles. The highest BCUT2D eigenvalue weighted by atomic mass is 19.4. The Labute approximate surface area is 167 Å². The number of amides is 1. The summed E-state index contributed by atoms with van der Waals surface area (Å²) >= 11 is 0. The summed E-state index contributed by atoms with van der Waals surface area (Å²) in [6.07, 6.45) is -1.95. The van der Waals surface area contributed by atoms with Gasteiger partial charge in [0.25, 0.3) is 0 Å². The van der Waals surface area contributed by atoms with Gasteiger partial charge in [0, 0.05) is 43.1 Å². The number of carbonyl (C=O) groups is 1. The van der Waals surface area contributed by atoms with Crippen LogP contribution in [0.25, 0.3) is 0 Å². The highest BCUT2D eigenvalue weighted by molar-refractivity contribution is 5.92. The van der Waals surface area contributed by atoms with Gasteiger partial charge in [0.15, 0.2) is 0 Å². The SMILES string of the molecule is CCc1c(C)ncnc1N1CCN(CC(=O)Nc2ccc(C(F)(F)F)cc2)CC1. The molecule has 3 rings (SSSR count). The van der Waals surface area contributed by atoms with E-state index in [-0.39, 0.29) is 12.5 Å². The number of hydrogen-bond acceptors (Lipinski definition) is 5. The van der Waals surface area contributed by atoms with Gasteiger partial charge < -0.3 is 10.2 Å². The van der Waals surface area contributed by atoms with Crippen molar-refractivity contribution in [1.29, 1.82) is 0 Å². The molecule has 2 heterocycles. The third kappa shape index (κ3) is 5.23. The second kappa shape index (κ2) is 8.77. The van der Waals surface area contributed by atoms with Gasteiger partial charge in [-0.3, -0.25) is 9.69 Å². The zero-order chi connectivity index (χ0) is 21.0. The van der Waals surface area contributed by atoms with Gasteiger partial charge in [-0.05, 0) is 37.6 Å². The number of aryl methyl sites for hydroxylation is 1. The van der Waals surface area contributed by atoms with Crippen LogP contribution < -0.4 is 10.2 Å². The Morgan fingerprint density at radius 3 is 2.34 bits per heavy atom. The summed E-state index contributed by atoms with van der Waals surface area (Å²) in [5, 5.41) is 2.65. The van der Waals surface area contributed by atoms with Crippen LogP contribution in [0, 0.1) is 6.92 Å². The van der Waals surface area contributed by atoms with E-state index in [9.17, 15) is 18.0 Å². The van der Waals surface area contributed by atoms with E-state index in [0.717, 1.165) is 48.7 Å². The van der Waals surface area contributed by atoms with E-state index in [1.54, 1.807) is 6.33 Å². The van der Waals surface area contributed by atoms with Crippen LogP contribution in [0.15, 0.2) is 30.6 Å². The molecule has 6 nitrogen and oxygen atoms in total. The Morgan fingerprint density at radius 2 is 1.76 bits per heavy atom. The molecule has 0 spiro atoms. The lowest BCUT2D eigenvalue weighted by Gasteiger charge is -2.35. The van der Waals surface area contributed by atoms with Crippen LogP contribution in [0.5, 0.6) is 0 Å². The Bertz CT molecular complexity index is 846. The Balaban J connectivity index is 1.52. The minimum absolute atomic E-state index is 0.193. The van der Waals surface area contributed by atoms with Crippen molar-refractivity contribution < 1.29 is 18.0 Å². The smallest absolute Gasteiger partial charge is 0.354 e. The number of hydrogen-bond donors (Lipinski definition) is 1. The lowest BCUT2D eigenvalue weighted by Crippen LogP contribution is -2.49. The van der Waals surface area contributed by atoms with Gasteiger partial charge in [-0.25, -0.2) is 9.97 Å². The minimum atomic E-state index is -4.39. The van der Waals surface area contributed by atoms with Gasteiger partial charge >= 0.3 is 6.18 Å². The van der Waals surface area contributed by atoms with Crippen LogP contribution in [-0.2, 0) is 17.4 Å². The number of aromatic nitrogens is 2. The molecule has 1 N–H and O–H groups in total. The number of nitrogens with one attached hydrogen (secondary N) is 1. The van der Waals surface area contributed by atoms with Crippen molar-refractivity contribution in [3.05, 3.63) is 47.4 Å². The van der Waals surface area contributed by atoms with E-state index in [4.69, 9.17) is 0 Å². The molecule has 1 fully saturated rings. The molecule has 156 valence electrons. The normalized spacial score (nSPS) is 15.4. The summed E-state index contributed by atoms with van der Waals surface area (Å²) < 4.78 is 37.8. The van der Waals surface area contributed by atoms with E-state index in [1.807, 2.05) is 11.8 Å². The number of anilines is 2. The van der Waals surface area contributed by atoms with Crippen molar-refractivity contribution >= 4 is 17.4 Å². The first kappa shape index (κ1) is 21.0.